The summed E-state index contributed by atoms with van der Waals surface area (Å²) in [5.41, 5.74) is 23.2. The molecule has 14 aromatic rings. The zero-order valence-electron chi connectivity index (χ0n) is 47.2. The van der Waals surface area contributed by atoms with Gasteiger partial charge in [-0.25, -0.2) is 0 Å². The molecule has 0 radical (unpaired) electrons. The first kappa shape index (κ1) is 49.1. The lowest BCUT2D eigenvalue weighted by Crippen LogP contribution is -2.64. The molecule has 1 aromatic heterocycles. The van der Waals surface area contributed by atoms with Crippen LogP contribution in [0.3, 0.4) is 0 Å². The van der Waals surface area contributed by atoms with Gasteiger partial charge in [0.05, 0.1) is 16.9 Å². The summed E-state index contributed by atoms with van der Waals surface area (Å²) in [6, 6.07) is 112. The van der Waals surface area contributed by atoms with Crippen molar-refractivity contribution in [3.8, 4) is 11.5 Å². The Morgan fingerprint density at radius 2 is 0.747 bits per heavy atom. The molecule has 0 unspecified atom stereocenters. The number of nitrogens with one attached hydrogen (secondary N) is 1. The van der Waals surface area contributed by atoms with Gasteiger partial charge in [-0.3, -0.25) is 4.90 Å². The van der Waals surface area contributed by atoms with Crippen molar-refractivity contribution in [1.82, 2.24) is 4.98 Å². The summed E-state index contributed by atoms with van der Waals surface area (Å²) in [7, 11) is 0. The van der Waals surface area contributed by atoms with E-state index in [4.69, 9.17) is 4.74 Å². The maximum atomic E-state index is 7.81. The first-order chi connectivity index (χ1) is 43.2. The van der Waals surface area contributed by atoms with Gasteiger partial charge in [0, 0.05) is 85.8 Å². The molecule has 13 aromatic carbocycles. The van der Waals surface area contributed by atoms with Crippen LogP contribution in [0.4, 0.5) is 85.4 Å². The van der Waals surface area contributed by atoms with Crippen LogP contribution in [0.25, 0.3) is 21.7 Å². The maximum Gasteiger partial charge on any atom is 0.259 e. The van der Waals surface area contributed by atoms with Gasteiger partial charge in [-0.1, -0.05) is 188 Å². The highest BCUT2D eigenvalue weighted by molar-refractivity contribution is 7.03. The fourth-order valence-electron chi connectivity index (χ4n) is 14.6. The Hall–Kier alpha value is -11.4. The van der Waals surface area contributed by atoms with E-state index < -0.39 is 0 Å². The van der Waals surface area contributed by atoms with E-state index in [0.717, 1.165) is 113 Å². The van der Waals surface area contributed by atoms with Crippen molar-refractivity contribution >= 4 is 153 Å². The summed E-state index contributed by atoms with van der Waals surface area (Å²) < 4.78 is 7.81. The number of H-pyrrole nitrogens is 1. The number of hydrogen-bond acceptors (Lipinski definition) is 6. The predicted molar refractivity (Wildman–Crippen MR) is 365 cm³/mol. The van der Waals surface area contributed by atoms with Crippen molar-refractivity contribution in [2.24, 2.45) is 0 Å². The standard InChI is InChI=1S/C78H52B2N6O/c1-8-27-53(28-9-1)82(54-29-10-2-11-30-54)60-46-69-75-70(47-60)85(58-37-18-6-19-38-58)68-51-72-66(50-65(68)79(75)64-42-24-25-43-67(64)84(69)57-35-16-5-17-36-57)80-74-63-45-44-52-26-22-23-41-62(52)77(63)81-78(74)86(59-39-20-7-21-40-59)71-48-61(49-73(87-72)76(71)80)83(55-31-12-3-13-32-55)56-33-14-4-15-34-56/h1-51,81H. The van der Waals surface area contributed by atoms with Gasteiger partial charge in [-0.05, 0) is 153 Å². The van der Waals surface area contributed by atoms with Gasteiger partial charge >= 0.3 is 0 Å². The monoisotopic (exact) mass is 1110 g/mol. The largest absolute Gasteiger partial charge is 0.458 e. The van der Waals surface area contributed by atoms with Gasteiger partial charge in [-0.2, -0.15) is 0 Å². The molecular formula is C78H52B2N6O. The summed E-state index contributed by atoms with van der Waals surface area (Å²) in [6.45, 7) is -0.421. The van der Waals surface area contributed by atoms with Crippen molar-refractivity contribution in [1.29, 1.82) is 0 Å². The first-order valence-corrected chi connectivity index (χ1v) is 29.9. The number of anilines is 15. The van der Waals surface area contributed by atoms with Gasteiger partial charge in [0.1, 0.15) is 17.3 Å². The lowest BCUT2D eigenvalue weighted by atomic mass is 9.30. The molecule has 0 amide bonds. The van der Waals surface area contributed by atoms with Gasteiger partial charge in [0.2, 0.25) is 0 Å². The van der Waals surface area contributed by atoms with Crippen LogP contribution < -0.4 is 62.0 Å². The number of aromatic amines is 1. The number of rotatable bonds is 9. The Morgan fingerprint density at radius 1 is 0.287 bits per heavy atom. The predicted octanol–water partition coefficient (Wildman–Crippen LogP) is 16.7. The van der Waals surface area contributed by atoms with E-state index in [2.05, 4.69) is 339 Å². The van der Waals surface area contributed by atoms with Crippen LogP contribution in [-0.4, -0.2) is 18.4 Å². The summed E-state index contributed by atoms with van der Waals surface area (Å²) in [6.07, 6.45) is 0. The second-order valence-corrected chi connectivity index (χ2v) is 22.9. The van der Waals surface area contributed by atoms with E-state index >= 15 is 0 Å². The molecule has 9 heteroatoms. The van der Waals surface area contributed by atoms with Crippen LogP contribution in [0.15, 0.2) is 309 Å². The average molecular weight is 1110 g/mol. The van der Waals surface area contributed by atoms with Crippen LogP contribution in [0.1, 0.15) is 0 Å². The SMILES string of the molecule is c1ccc(N(c2ccccc2)c2cc3c4c(c2)N(c2ccccc2)c2[nH]c5c(ccc6ccccc65)c2B4c2cc4c(cc2O3)N(c2ccccc2)c2cc(N(c3ccccc3)c3ccccc3)cc3c2B4c2ccccc2N3c2ccccc2)cc1. The minimum Gasteiger partial charge on any atom is -0.458 e. The third-order valence-corrected chi connectivity index (χ3v) is 18.1. The smallest absolute Gasteiger partial charge is 0.259 e. The molecular weight excluding hydrogens is 1060 g/mol. The Morgan fingerprint density at radius 3 is 1.31 bits per heavy atom. The second kappa shape index (κ2) is 19.6. The molecule has 4 aliphatic rings. The minimum atomic E-state index is -0.247. The zero-order valence-corrected chi connectivity index (χ0v) is 47.2. The lowest BCUT2D eigenvalue weighted by Gasteiger charge is -2.46. The Labute approximate surface area is 505 Å². The van der Waals surface area contributed by atoms with E-state index in [9.17, 15) is 0 Å². The molecule has 1 N–H and O–H groups in total. The van der Waals surface area contributed by atoms with Crippen LogP contribution in [0.2, 0.25) is 0 Å². The van der Waals surface area contributed by atoms with Crippen molar-refractivity contribution in [3.63, 3.8) is 0 Å². The van der Waals surface area contributed by atoms with E-state index in [-0.39, 0.29) is 13.4 Å². The minimum absolute atomic E-state index is 0.174. The molecule has 7 nitrogen and oxygen atoms in total. The number of benzene rings is 13. The molecule has 406 valence electrons. The van der Waals surface area contributed by atoms with Crippen LogP contribution >= 0.6 is 0 Å². The number of aromatic nitrogens is 1. The zero-order chi connectivity index (χ0) is 57.1. The number of fused-ring (bicyclic) bond motifs is 12. The Kier molecular flexibility index (Phi) is 11.0. The normalized spacial score (nSPS) is 13.0. The molecule has 5 heterocycles. The summed E-state index contributed by atoms with van der Waals surface area (Å²) >= 11 is 0. The molecule has 0 atom stereocenters. The van der Waals surface area contributed by atoms with Gasteiger partial charge in [0.15, 0.2) is 0 Å². The maximum absolute atomic E-state index is 7.81. The van der Waals surface area contributed by atoms with E-state index in [1.807, 2.05) is 0 Å². The topological polar surface area (TPSA) is 41.2 Å². The number of para-hydroxylation sites is 8. The van der Waals surface area contributed by atoms with Crippen LogP contribution in [-0.2, 0) is 0 Å². The number of hydrogen-bond donors (Lipinski definition) is 1. The molecule has 0 saturated carbocycles. The number of nitrogens with zero attached hydrogens (tertiary/aromatic N) is 5. The van der Waals surface area contributed by atoms with Gasteiger partial charge in [0.25, 0.3) is 13.4 Å². The van der Waals surface area contributed by atoms with Gasteiger partial charge in [-0.15, -0.1) is 0 Å². The summed E-state index contributed by atoms with van der Waals surface area (Å²) in [5, 5.41) is 3.55. The molecule has 0 saturated heterocycles. The summed E-state index contributed by atoms with van der Waals surface area (Å²) in [4.78, 5) is 16.4. The molecule has 0 fully saturated rings. The van der Waals surface area contributed by atoms with Crippen LogP contribution in [0, 0.1) is 0 Å². The molecule has 4 aliphatic heterocycles. The number of ether oxygens (including phenoxy) is 1. The van der Waals surface area contributed by atoms with Crippen LogP contribution in [0.5, 0.6) is 11.5 Å². The fraction of sp³-hybridized carbons (Fsp3) is 0. The Balaban J connectivity index is 0.947. The van der Waals surface area contributed by atoms with Crippen molar-refractivity contribution < 1.29 is 4.74 Å². The molecule has 18 rings (SSSR count). The molecule has 0 spiro atoms. The van der Waals surface area contributed by atoms with E-state index in [1.54, 1.807) is 0 Å². The Bertz CT molecular complexity index is 4920. The highest BCUT2D eigenvalue weighted by atomic mass is 16.5. The van der Waals surface area contributed by atoms with Gasteiger partial charge < -0.3 is 29.3 Å². The summed E-state index contributed by atoms with van der Waals surface area (Å²) in [5.74, 6) is 2.67. The third kappa shape index (κ3) is 7.59. The second-order valence-electron chi connectivity index (χ2n) is 22.9. The van der Waals surface area contributed by atoms with E-state index in [0.29, 0.717) is 0 Å². The van der Waals surface area contributed by atoms with Crippen molar-refractivity contribution in [3.05, 3.63) is 309 Å². The third-order valence-electron chi connectivity index (χ3n) is 18.1. The lowest BCUT2D eigenvalue weighted by molar-refractivity contribution is 0.488. The quantitative estimate of drug-likeness (QED) is 0.145. The fourth-order valence-corrected chi connectivity index (χ4v) is 14.6. The molecule has 87 heavy (non-hydrogen) atoms. The van der Waals surface area contributed by atoms with E-state index in [1.165, 1.54) is 38.0 Å². The molecule has 0 bridgehead atoms. The first-order valence-electron chi connectivity index (χ1n) is 29.9. The van der Waals surface area contributed by atoms with Crippen molar-refractivity contribution in [2.75, 3.05) is 24.5 Å². The highest BCUT2D eigenvalue weighted by Crippen LogP contribution is 2.51. The van der Waals surface area contributed by atoms with Crippen molar-refractivity contribution in [2.45, 2.75) is 0 Å². The average Bonchev–Trinajstić information content (AvgIpc) is 1.82. The highest BCUT2D eigenvalue weighted by Gasteiger charge is 2.49. The molecule has 0 aliphatic carbocycles.